The third kappa shape index (κ3) is 2.03. The number of nitrogens with zero attached hydrogens (tertiary/aromatic N) is 2. The number of hydrogen-bond donors (Lipinski definition) is 2. The van der Waals surface area contributed by atoms with Crippen molar-refractivity contribution in [3.8, 4) is 0 Å². The summed E-state index contributed by atoms with van der Waals surface area (Å²) in [6, 6.07) is 9.20. The van der Waals surface area contributed by atoms with E-state index in [-0.39, 0.29) is 5.91 Å². The number of carbonyl (C=O) groups is 1. The summed E-state index contributed by atoms with van der Waals surface area (Å²) in [7, 11) is 1.73. The lowest BCUT2D eigenvalue weighted by Crippen LogP contribution is -2.16. The molecule has 0 saturated carbocycles. The van der Waals surface area contributed by atoms with Gasteiger partial charge in [0.25, 0.3) is 5.91 Å². The number of aromatic nitrogens is 2. The number of nitrogens with two attached hydrogens (primary N) is 1. The van der Waals surface area contributed by atoms with Gasteiger partial charge in [0, 0.05) is 18.9 Å². The molecule has 2 aromatic rings. The summed E-state index contributed by atoms with van der Waals surface area (Å²) in [5.74, 6) is 0.354. The van der Waals surface area contributed by atoms with Gasteiger partial charge in [-0.25, -0.2) is 4.98 Å². The summed E-state index contributed by atoms with van der Waals surface area (Å²) in [4.78, 5) is 15.7. The van der Waals surface area contributed by atoms with Gasteiger partial charge in [0.05, 0.1) is 0 Å². The zero-order valence-corrected chi connectivity index (χ0v) is 8.84. The highest BCUT2D eigenvalue weighted by atomic mass is 16.2. The van der Waals surface area contributed by atoms with Crippen LogP contribution in [0.15, 0.2) is 36.5 Å². The summed E-state index contributed by atoms with van der Waals surface area (Å²) < 4.78 is 1.59. The summed E-state index contributed by atoms with van der Waals surface area (Å²) in [5, 5.41) is 2.73. The molecule has 0 unspecified atom stereocenters. The van der Waals surface area contributed by atoms with Crippen LogP contribution in [0, 0.1) is 0 Å². The second kappa shape index (κ2) is 4.06. The van der Waals surface area contributed by atoms with E-state index in [9.17, 15) is 4.79 Å². The molecule has 0 bridgehead atoms. The number of imidazole rings is 1. The Morgan fingerprint density at radius 1 is 1.38 bits per heavy atom. The molecule has 1 heterocycles. The first kappa shape index (κ1) is 10.2. The van der Waals surface area contributed by atoms with Gasteiger partial charge in [-0.05, 0) is 12.1 Å². The molecule has 1 aromatic heterocycles. The number of hydrogen-bond acceptors (Lipinski definition) is 3. The van der Waals surface area contributed by atoms with E-state index in [1.165, 1.54) is 0 Å². The number of anilines is 2. The number of rotatable bonds is 2. The second-order valence-corrected chi connectivity index (χ2v) is 3.42. The number of nitrogens with one attached hydrogen (secondary N) is 1. The van der Waals surface area contributed by atoms with Crippen LogP contribution in [0.2, 0.25) is 0 Å². The molecule has 0 spiro atoms. The average molecular weight is 216 g/mol. The number of aryl methyl sites for hydroxylation is 1. The van der Waals surface area contributed by atoms with E-state index in [1.54, 1.807) is 17.8 Å². The third-order valence-electron chi connectivity index (χ3n) is 2.13. The smallest absolute Gasteiger partial charge is 0.291 e. The first-order valence-corrected chi connectivity index (χ1v) is 4.82. The Hall–Kier alpha value is -2.30. The van der Waals surface area contributed by atoms with Crippen LogP contribution in [0.3, 0.4) is 0 Å². The van der Waals surface area contributed by atoms with Crippen LogP contribution in [-0.4, -0.2) is 15.5 Å². The molecule has 0 aliphatic heterocycles. The van der Waals surface area contributed by atoms with Crippen LogP contribution >= 0.6 is 0 Å². The molecule has 0 radical (unpaired) electrons. The largest absolute Gasteiger partial charge is 0.382 e. The lowest BCUT2D eigenvalue weighted by atomic mass is 10.3. The van der Waals surface area contributed by atoms with Gasteiger partial charge < -0.3 is 15.6 Å². The van der Waals surface area contributed by atoms with E-state index in [0.29, 0.717) is 11.6 Å². The highest BCUT2D eigenvalue weighted by molar-refractivity contribution is 6.02. The van der Waals surface area contributed by atoms with Crippen molar-refractivity contribution in [2.45, 2.75) is 0 Å². The Morgan fingerprint density at radius 2 is 2.06 bits per heavy atom. The topological polar surface area (TPSA) is 72.9 Å². The molecule has 16 heavy (non-hydrogen) atoms. The Labute approximate surface area is 92.9 Å². The number of para-hydroxylation sites is 1. The number of carbonyl (C=O) groups excluding carboxylic acids is 1. The Bertz CT molecular complexity index is 504. The van der Waals surface area contributed by atoms with E-state index < -0.39 is 0 Å². The van der Waals surface area contributed by atoms with E-state index in [1.807, 2.05) is 30.3 Å². The van der Waals surface area contributed by atoms with Crippen LogP contribution in [0.5, 0.6) is 0 Å². The molecule has 5 heteroatoms. The van der Waals surface area contributed by atoms with Crippen LogP contribution in [0.25, 0.3) is 0 Å². The molecule has 82 valence electrons. The maximum atomic E-state index is 11.8. The molecule has 1 amide bonds. The average Bonchev–Trinajstić information content (AvgIpc) is 2.59. The van der Waals surface area contributed by atoms with Gasteiger partial charge in [-0.15, -0.1) is 0 Å². The van der Waals surface area contributed by atoms with Crippen LogP contribution in [0.4, 0.5) is 11.5 Å². The monoisotopic (exact) mass is 216 g/mol. The minimum Gasteiger partial charge on any atom is -0.382 e. The molecule has 0 fully saturated rings. The minimum atomic E-state index is -0.273. The van der Waals surface area contributed by atoms with Gasteiger partial charge in [0.15, 0.2) is 0 Å². The maximum Gasteiger partial charge on any atom is 0.291 e. The Morgan fingerprint density at radius 3 is 2.62 bits per heavy atom. The maximum absolute atomic E-state index is 11.8. The van der Waals surface area contributed by atoms with E-state index in [0.717, 1.165) is 5.69 Å². The van der Waals surface area contributed by atoms with Gasteiger partial charge in [-0.3, -0.25) is 4.79 Å². The number of amides is 1. The van der Waals surface area contributed by atoms with Crippen molar-refractivity contribution >= 4 is 17.4 Å². The van der Waals surface area contributed by atoms with Gasteiger partial charge in [-0.1, -0.05) is 18.2 Å². The summed E-state index contributed by atoms with van der Waals surface area (Å²) in [5.41, 5.74) is 6.23. The van der Waals surface area contributed by atoms with Crippen LogP contribution in [-0.2, 0) is 7.05 Å². The quantitative estimate of drug-likeness (QED) is 0.793. The van der Waals surface area contributed by atoms with Crippen molar-refractivity contribution in [2.75, 3.05) is 11.1 Å². The van der Waals surface area contributed by atoms with Gasteiger partial charge >= 0.3 is 0 Å². The number of nitrogen functional groups attached to an aromatic ring is 1. The van der Waals surface area contributed by atoms with Crippen LogP contribution in [0.1, 0.15) is 10.6 Å². The molecule has 1 aromatic carbocycles. The highest BCUT2D eigenvalue weighted by Crippen LogP contribution is 2.08. The third-order valence-corrected chi connectivity index (χ3v) is 2.13. The first-order chi connectivity index (χ1) is 7.66. The molecule has 0 aliphatic carbocycles. The lowest BCUT2D eigenvalue weighted by Gasteiger charge is -2.03. The summed E-state index contributed by atoms with van der Waals surface area (Å²) in [6.07, 6.45) is 1.60. The van der Waals surface area contributed by atoms with Crippen LogP contribution < -0.4 is 11.1 Å². The zero-order valence-electron chi connectivity index (χ0n) is 8.84. The van der Waals surface area contributed by atoms with Gasteiger partial charge in [-0.2, -0.15) is 0 Å². The Balaban J connectivity index is 2.18. The zero-order chi connectivity index (χ0) is 11.5. The fourth-order valence-corrected chi connectivity index (χ4v) is 1.41. The SMILES string of the molecule is Cn1cc(N)nc1C(=O)Nc1ccccc1. The fourth-order valence-electron chi connectivity index (χ4n) is 1.41. The van der Waals surface area contributed by atoms with Crippen molar-refractivity contribution in [1.82, 2.24) is 9.55 Å². The van der Waals surface area contributed by atoms with E-state index in [4.69, 9.17) is 5.73 Å². The minimum absolute atomic E-state index is 0.273. The molecule has 2 rings (SSSR count). The summed E-state index contributed by atoms with van der Waals surface area (Å²) in [6.45, 7) is 0. The fraction of sp³-hybridized carbons (Fsp3) is 0.0909. The van der Waals surface area contributed by atoms with Crippen molar-refractivity contribution in [1.29, 1.82) is 0 Å². The van der Waals surface area contributed by atoms with E-state index in [2.05, 4.69) is 10.3 Å². The standard InChI is InChI=1S/C11H12N4O/c1-15-7-9(12)14-10(15)11(16)13-8-5-3-2-4-6-8/h2-7H,12H2,1H3,(H,13,16). The van der Waals surface area contributed by atoms with E-state index >= 15 is 0 Å². The predicted molar refractivity (Wildman–Crippen MR) is 62.0 cm³/mol. The van der Waals surface area contributed by atoms with Gasteiger partial charge in [0.1, 0.15) is 5.82 Å². The first-order valence-electron chi connectivity index (χ1n) is 4.82. The molecule has 0 atom stereocenters. The molecule has 3 N–H and O–H groups in total. The normalized spacial score (nSPS) is 10.1. The molecular weight excluding hydrogens is 204 g/mol. The molecule has 5 nitrogen and oxygen atoms in total. The Kier molecular flexibility index (Phi) is 2.59. The van der Waals surface area contributed by atoms with Crippen molar-refractivity contribution in [2.24, 2.45) is 7.05 Å². The predicted octanol–water partition coefficient (Wildman–Crippen LogP) is 1.25. The molecule has 0 saturated heterocycles. The van der Waals surface area contributed by atoms with Crippen molar-refractivity contribution < 1.29 is 4.79 Å². The highest BCUT2D eigenvalue weighted by Gasteiger charge is 2.12. The lowest BCUT2D eigenvalue weighted by molar-refractivity contribution is 0.101. The molecular formula is C11H12N4O. The van der Waals surface area contributed by atoms with Crippen molar-refractivity contribution in [3.63, 3.8) is 0 Å². The molecule has 0 aliphatic rings. The number of benzene rings is 1. The second-order valence-electron chi connectivity index (χ2n) is 3.42. The van der Waals surface area contributed by atoms with Gasteiger partial charge in [0.2, 0.25) is 5.82 Å². The van der Waals surface area contributed by atoms with Crippen molar-refractivity contribution in [3.05, 3.63) is 42.4 Å². The summed E-state index contributed by atoms with van der Waals surface area (Å²) >= 11 is 0.